The molecule has 1 aliphatic rings. The number of amidine groups is 1. The summed E-state index contributed by atoms with van der Waals surface area (Å²) in [5, 5.41) is 6.41. The molecule has 0 aliphatic carbocycles. The van der Waals surface area contributed by atoms with Crippen molar-refractivity contribution < 1.29 is 4.74 Å². The maximum absolute atomic E-state index is 6.10. The summed E-state index contributed by atoms with van der Waals surface area (Å²) in [4.78, 5) is 4.59. The van der Waals surface area contributed by atoms with Crippen molar-refractivity contribution in [3.05, 3.63) is 11.4 Å². The van der Waals surface area contributed by atoms with Gasteiger partial charge in [0.2, 0.25) is 0 Å². The van der Waals surface area contributed by atoms with Gasteiger partial charge in [0.15, 0.2) is 0 Å². The summed E-state index contributed by atoms with van der Waals surface area (Å²) in [6, 6.07) is 0.266. The van der Waals surface area contributed by atoms with Gasteiger partial charge < -0.3 is 26.8 Å². The van der Waals surface area contributed by atoms with E-state index >= 15 is 0 Å². The molecule has 0 bridgehead atoms. The summed E-state index contributed by atoms with van der Waals surface area (Å²) in [6.07, 6.45) is 1.87. The van der Waals surface area contributed by atoms with Gasteiger partial charge in [-0.3, -0.25) is 4.99 Å². The number of nitrogens with zero attached hydrogens (tertiary/aromatic N) is 1. The molecule has 0 aromatic carbocycles. The van der Waals surface area contributed by atoms with E-state index in [0.29, 0.717) is 12.4 Å². The predicted octanol–water partition coefficient (Wildman–Crippen LogP) is 0.300. The van der Waals surface area contributed by atoms with Crippen molar-refractivity contribution in [2.75, 3.05) is 26.8 Å². The van der Waals surface area contributed by atoms with E-state index in [2.05, 4.69) is 15.6 Å². The topological polar surface area (TPSA) is 97.7 Å². The molecule has 1 saturated heterocycles. The maximum Gasteiger partial charge on any atom is 0.125 e. The van der Waals surface area contributed by atoms with E-state index in [1.807, 2.05) is 27.8 Å². The molecule has 116 valence electrons. The van der Waals surface area contributed by atoms with Crippen LogP contribution in [-0.4, -0.2) is 44.2 Å². The minimum absolute atomic E-state index is 0.266. The highest BCUT2D eigenvalue weighted by atomic mass is 16.5. The lowest BCUT2D eigenvalue weighted by Gasteiger charge is -2.23. The number of aliphatic imine (C=N–C) groups is 1. The second-order valence-electron chi connectivity index (χ2n) is 5.95. The van der Waals surface area contributed by atoms with Crippen LogP contribution < -0.4 is 22.1 Å². The predicted molar refractivity (Wildman–Crippen MR) is 83.5 cm³/mol. The summed E-state index contributed by atoms with van der Waals surface area (Å²) in [6.45, 7) is 8.10. The zero-order chi connectivity index (χ0) is 15.2. The Bertz CT molecular complexity index is 364. The van der Waals surface area contributed by atoms with Crippen molar-refractivity contribution in [2.45, 2.75) is 45.2 Å². The zero-order valence-electron chi connectivity index (χ0n) is 13.1. The normalized spacial score (nSPS) is 19.6. The van der Waals surface area contributed by atoms with E-state index in [1.54, 1.807) is 0 Å². The molecule has 1 aliphatic heterocycles. The molecule has 1 heterocycles. The highest BCUT2D eigenvalue weighted by molar-refractivity contribution is 5.97. The molecule has 20 heavy (non-hydrogen) atoms. The third kappa shape index (κ3) is 5.79. The molecule has 0 aromatic heterocycles. The number of nitrogens with two attached hydrogens (primary N) is 2. The van der Waals surface area contributed by atoms with Gasteiger partial charge in [0.25, 0.3) is 0 Å². The minimum Gasteiger partial charge on any atom is -0.384 e. The molecule has 0 unspecified atom stereocenters. The van der Waals surface area contributed by atoms with Gasteiger partial charge in [0, 0.05) is 37.9 Å². The van der Waals surface area contributed by atoms with Crippen LogP contribution >= 0.6 is 0 Å². The molecule has 0 amide bonds. The van der Waals surface area contributed by atoms with Crippen molar-refractivity contribution in [1.82, 2.24) is 10.6 Å². The average molecular weight is 283 g/mol. The van der Waals surface area contributed by atoms with Crippen LogP contribution in [0.4, 0.5) is 0 Å². The first kappa shape index (κ1) is 16.8. The molecule has 1 fully saturated rings. The zero-order valence-corrected chi connectivity index (χ0v) is 13.1. The Hall–Kier alpha value is -1.27. The second-order valence-corrected chi connectivity index (χ2v) is 5.95. The molecule has 1 rings (SSSR count). The quantitative estimate of drug-likeness (QED) is 0.415. The Morgan fingerprint density at radius 3 is 2.45 bits per heavy atom. The molecular formula is C14H29N5O. The monoisotopic (exact) mass is 283 g/mol. The van der Waals surface area contributed by atoms with Gasteiger partial charge >= 0.3 is 0 Å². The fourth-order valence-corrected chi connectivity index (χ4v) is 1.96. The largest absolute Gasteiger partial charge is 0.384 e. The van der Waals surface area contributed by atoms with Gasteiger partial charge in [-0.15, -0.1) is 0 Å². The smallest absolute Gasteiger partial charge is 0.125 e. The van der Waals surface area contributed by atoms with Crippen LogP contribution in [0.2, 0.25) is 0 Å². The van der Waals surface area contributed by atoms with Crippen molar-refractivity contribution in [3.8, 4) is 0 Å². The lowest BCUT2D eigenvalue weighted by molar-refractivity contribution is 0.0871. The summed E-state index contributed by atoms with van der Waals surface area (Å²) < 4.78 is 5.33. The highest BCUT2D eigenvalue weighted by Crippen LogP contribution is 2.12. The first-order valence-corrected chi connectivity index (χ1v) is 7.16. The van der Waals surface area contributed by atoms with Gasteiger partial charge in [-0.2, -0.15) is 0 Å². The summed E-state index contributed by atoms with van der Waals surface area (Å²) in [5.74, 6) is 1.44. The van der Waals surface area contributed by atoms with E-state index < -0.39 is 0 Å². The molecule has 6 heteroatoms. The third-order valence-corrected chi connectivity index (χ3v) is 3.24. The van der Waals surface area contributed by atoms with Crippen LogP contribution in [-0.2, 0) is 4.74 Å². The Balaban J connectivity index is 2.72. The average Bonchev–Trinajstić information content (AvgIpc) is 2.39. The van der Waals surface area contributed by atoms with Gasteiger partial charge in [-0.25, -0.2) is 0 Å². The van der Waals surface area contributed by atoms with Crippen LogP contribution in [0.3, 0.4) is 0 Å². The number of rotatable bonds is 6. The van der Waals surface area contributed by atoms with E-state index in [9.17, 15) is 0 Å². The van der Waals surface area contributed by atoms with Crippen molar-refractivity contribution in [1.29, 1.82) is 0 Å². The molecule has 0 saturated carbocycles. The van der Waals surface area contributed by atoms with E-state index in [0.717, 1.165) is 37.4 Å². The Kier molecular flexibility index (Phi) is 6.29. The van der Waals surface area contributed by atoms with Gasteiger partial charge in [-0.05, 0) is 33.6 Å². The summed E-state index contributed by atoms with van der Waals surface area (Å²) in [5.41, 5.74) is 12.7. The first-order chi connectivity index (χ1) is 9.33. The van der Waals surface area contributed by atoms with Crippen molar-refractivity contribution >= 4 is 5.84 Å². The fraction of sp³-hybridized carbons (Fsp3) is 0.786. The van der Waals surface area contributed by atoms with Gasteiger partial charge in [0.05, 0.1) is 6.04 Å². The standard InChI is InChI=1S/C14H29N5O/c1-10(13(17-4)18-9-14(2,3)16)12(15)19-11-5-7-20-8-6-11/h11,17-18H,5-9,16H2,1-4H3,(H2,15,19)/b13-10+. The Morgan fingerprint density at radius 2 is 1.95 bits per heavy atom. The second kappa shape index (κ2) is 7.50. The molecule has 0 aromatic rings. The lowest BCUT2D eigenvalue weighted by atomic mass is 10.1. The van der Waals surface area contributed by atoms with Gasteiger partial charge in [-0.1, -0.05) is 0 Å². The van der Waals surface area contributed by atoms with Gasteiger partial charge in [0.1, 0.15) is 11.7 Å². The number of hydrogen-bond donors (Lipinski definition) is 4. The third-order valence-electron chi connectivity index (χ3n) is 3.24. The molecule has 0 atom stereocenters. The number of nitrogens with one attached hydrogen (secondary N) is 2. The molecule has 0 spiro atoms. The van der Waals surface area contributed by atoms with E-state index in [4.69, 9.17) is 16.2 Å². The molecule has 6 nitrogen and oxygen atoms in total. The van der Waals surface area contributed by atoms with Crippen LogP contribution in [0.25, 0.3) is 0 Å². The van der Waals surface area contributed by atoms with Crippen molar-refractivity contribution in [2.24, 2.45) is 16.5 Å². The maximum atomic E-state index is 6.10. The number of hydrogen-bond acceptors (Lipinski definition) is 5. The highest BCUT2D eigenvalue weighted by Gasteiger charge is 2.15. The minimum atomic E-state index is -0.283. The first-order valence-electron chi connectivity index (χ1n) is 7.16. The van der Waals surface area contributed by atoms with Crippen LogP contribution in [0.1, 0.15) is 33.6 Å². The molecule has 0 radical (unpaired) electrons. The van der Waals surface area contributed by atoms with Crippen LogP contribution in [0.15, 0.2) is 16.4 Å². The SMILES string of the molecule is CN/C(NCC(C)(C)N)=C(/C)C(N)=NC1CCOCC1. The Labute approximate surface area is 122 Å². The van der Waals surface area contributed by atoms with E-state index in [-0.39, 0.29) is 11.6 Å². The Morgan fingerprint density at radius 1 is 1.35 bits per heavy atom. The fourth-order valence-electron chi connectivity index (χ4n) is 1.96. The molecule has 6 N–H and O–H groups in total. The summed E-state index contributed by atoms with van der Waals surface area (Å²) in [7, 11) is 1.86. The summed E-state index contributed by atoms with van der Waals surface area (Å²) >= 11 is 0. The van der Waals surface area contributed by atoms with Crippen molar-refractivity contribution in [3.63, 3.8) is 0 Å². The van der Waals surface area contributed by atoms with Crippen LogP contribution in [0.5, 0.6) is 0 Å². The van der Waals surface area contributed by atoms with E-state index in [1.165, 1.54) is 0 Å². The van der Waals surface area contributed by atoms with Crippen LogP contribution in [0, 0.1) is 0 Å². The number of ether oxygens (including phenoxy) is 1. The molecular weight excluding hydrogens is 254 g/mol. The lowest BCUT2D eigenvalue weighted by Crippen LogP contribution is -2.45.